The Balaban J connectivity index is 1.21. The Morgan fingerprint density at radius 3 is 2.39 bits per heavy atom. The van der Waals surface area contributed by atoms with Crippen LogP contribution in [0.1, 0.15) is 12.5 Å². The molecule has 3 fully saturated rings. The molecule has 2 bridgehead atoms. The summed E-state index contributed by atoms with van der Waals surface area (Å²) >= 11 is 11.0. The maximum absolute atomic E-state index is 16.0. The summed E-state index contributed by atoms with van der Waals surface area (Å²) in [5, 5.41) is 10.8. The topological polar surface area (TPSA) is 292 Å². The van der Waals surface area contributed by atoms with Gasteiger partial charge in [-0.2, -0.15) is 15.0 Å². The number of anilines is 2. The highest BCUT2D eigenvalue weighted by molar-refractivity contribution is 8.07. The lowest BCUT2D eigenvalue weighted by molar-refractivity contribution is -0.0642. The van der Waals surface area contributed by atoms with E-state index in [1.54, 1.807) is 0 Å². The predicted molar refractivity (Wildman–Crippen MR) is 154 cm³/mol. The molecule has 0 saturated carbocycles. The lowest BCUT2D eigenvalue weighted by Crippen LogP contribution is -2.35. The zero-order chi connectivity index (χ0) is 32.7. The number of nitrogens with two attached hydrogens (primary N) is 2. The third kappa shape index (κ3) is 5.60. The van der Waals surface area contributed by atoms with Crippen LogP contribution in [0.5, 0.6) is 0 Å². The summed E-state index contributed by atoms with van der Waals surface area (Å²) in [6, 6.07) is 0. The number of alkyl halides is 1. The monoisotopic (exact) mass is 726 g/mol. The molecule has 4 unspecified atom stereocenters. The molecule has 3 aliphatic heterocycles. The summed E-state index contributed by atoms with van der Waals surface area (Å²) in [7, 11) is -5.13. The zero-order valence-electron chi connectivity index (χ0n) is 22.6. The molecule has 0 spiro atoms. The average molecular weight is 727 g/mol. The summed E-state index contributed by atoms with van der Waals surface area (Å²) in [5.74, 6) is -0.362. The third-order valence-corrected chi connectivity index (χ3v) is 10.0. The molecule has 0 amide bonds. The van der Waals surface area contributed by atoms with Crippen LogP contribution in [0.3, 0.4) is 0 Å². The minimum atomic E-state index is -5.13. The van der Waals surface area contributed by atoms with E-state index in [9.17, 15) is 24.3 Å². The summed E-state index contributed by atoms with van der Waals surface area (Å²) in [6.07, 6.45) is -10.9. The Morgan fingerprint density at radius 1 is 0.978 bits per heavy atom. The quantitative estimate of drug-likeness (QED) is 0.111. The number of hydrogen-bond donors (Lipinski definition) is 6. The Bertz CT molecular complexity index is 2000. The molecule has 21 nitrogen and oxygen atoms in total. The maximum atomic E-state index is 16.0. The largest absolute Gasteiger partial charge is 0.472 e. The van der Waals surface area contributed by atoms with E-state index in [-0.39, 0.29) is 39.4 Å². The highest BCUT2D eigenvalue weighted by atomic mass is 35.5. The van der Waals surface area contributed by atoms with Crippen molar-refractivity contribution in [2.45, 2.75) is 49.1 Å². The van der Waals surface area contributed by atoms with Crippen LogP contribution in [0.2, 0.25) is 5.28 Å². The lowest BCUT2D eigenvalue weighted by Gasteiger charge is -2.26. The van der Waals surface area contributed by atoms with Gasteiger partial charge in [-0.05, 0) is 23.4 Å². The fourth-order valence-corrected chi connectivity index (χ4v) is 7.84. The van der Waals surface area contributed by atoms with E-state index < -0.39 is 82.5 Å². The Morgan fingerprint density at radius 2 is 1.63 bits per heavy atom. The van der Waals surface area contributed by atoms with Gasteiger partial charge in [0.15, 0.2) is 41.3 Å². The van der Waals surface area contributed by atoms with Crippen molar-refractivity contribution in [1.82, 2.24) is 39.0 Å². The van der Waals surface area contributed by atoms with Crippen LogP contribution < -0.4 is 17.0 Å². The van der Waals surface area contributed by atoms with Gasteiger partial charge in [-0.3, -0.25) is 32.5 Å². The van der Waals surface area contributed by atoms with E-state index in [0.29, 0.717) is 0 Å². The van der Waals surface area contributed by atoms with Crippen molar-refractivity contribution in [3.05, 3.63) is 28.3 Å². The van der Waals surface area contributed by atoms with Gasteiger partial charge in [-0.25, -0.2) is 18.9 Å². The third-order valence-electron chi connectivity index (χ3n) is 7.31. The van der Waals surface area contributed by atoms with Crippen molar-refractivity contribution in [2.24, 2.45) is 0 Å². The second-order valence-electron chi connectivity index (χ2n) is 10.2. The van der Waals surface area contributed by atoms with E-state index in [4.69, 9.17) is 62.4 Å². The van der Waals surface area contributed by atoms with E-state index >= 15 is 4.39 Å². The van der Waals surface area contributed by atoms with E-state index in [0.717, 1.165) is 21.8 Å². The number of H-pyrrole nitrogens is 1. The summed E-state index contributed by atoms with van der Waals surface area (Å²) in [5.41, 5.74) is 10.6. The number of phosphoric ester groups is 1. The van der Waals surface area contributed by atoms with Crippen LogP contribution in [-0.4, -0.2) is 104 Å². The molecule has 10 atom stereocenters. The first kappa shape index (κ1) is 31.8. The fourth-order valence-electron chi connectivity index (χ4n) is 5.30. The van der Waals surface area contributed by atoms with Crippen molar-refractivity contribution in [2.75, 3.05) is 24.7 Å². The Kier molecular flexibility index (Phi) is 7.91. The van der Waals surface area contributed by atoms with E-state index in [2.05, 4.69) is 29.9 Å². The molecule has 8 N–H and O–H groups in total. The molecule has 7 rings (SSSR count). The number of aromatic nitrogens is 8. The smallest absolute Gasteiger partial charge is 0.387 e. The molecule has 7 heterocycles. The number of aliphatic hydroxyl groups excluding tert-OH is 1. The highest BCUT2D eigenvalue weighted by Crippen LogP contribution is 2.54. The molecule has 0 aromatic carbocycles. The molecule has 4 aromatic heterocycles. The van der Waals surface area contributed by atoms with Gasteiger partial charge in [0.2, 0.25) is 11.2 Å². The van der Waals surface area contributed by atoms with Crippen molar-refractivity contribution in [1.29, 1.82) is 0 Å². The fraction of sp³-hybridized carbons (Fsp3) is 0.500. The average Bonchev–Trinajstić information content (AvgIpc) is 3.72. The van der Waals surface area contributed by atoms with Gasteiger partial charge < -0.3 is 40.4 Å². The number of hydrogen-bond acceptors (Lipinski definition) is 17. The number of phosphoric acid groups is 1. The zero-order valence-corrected chi connectivity index (χ0v) is 26.0. The van der Waals surface area contributed by atoms with Gasteiger partial charge in [0, 0.05) is 0 Å². The number of nitrogen functional groups attached to an aromatic ring is 2. The molecule has 0 aliphatic carbocycles. The van der Waals surface area contributed by atoms with Crippen LogP contribution in [0, 0.1) is 0 Å². The number of rotatable bonds is 2. The number of aliphatic hydroxyl groups is 1. The second-order valence-corrected chi connectivity index (χ2v) is 14.7. The minimum Gasteiger partial charge on any atom is -0.387 e. The highest BCUT2D eigenvalue weighted by Gasteiger charge is 2.54. The standard InChI is InChI=1S/C20H22ClFN10O11P2S/c21-19-27-13(23)8-14(28-19)31(3-25-8)17-7(22)11-6(41-17)2-38-44(35,36)42-12-10(33)5(1-39-45(37,46)43-11)40-18(12)32-4-26-9-15(32)29-20(24)30-16(9)34/h3-7,10-12,17-18,33H,1-2H2,(H,35,36)(H,37,46)(H2,23,27,28)(H3,24,29,30,34)/t5-,6-,7?,10?,11+,12+,17-,18-,45?/m1/s1. The second kappa shape index (κ2) is 11.4. The molecule has 0 radical (unpaired) electrons. The molecule has 248 valence electrons. The van der Waals surface area contributed by atoms with Crippen molar-refractivity contribution in [3.8, 4) is 0 Å². The van der Waals surface area contributed by atoms with Crippen molar-refractivity contribution < 1.29 is 51.4 Å². The first-order chi connectivity index (χ1) is 21.7. The first-order valence-corrected chi connectivity index (χ1v) is 17.5. The first-order valence-electron chi connectivity index (χ1n) is 13.0. The molecular formula is C20H22ClFN10O11P2S. The Hall–Kier alpha value is -2.76. The van der Waals surface area contributed by atoms with Gasteiger partial charge in [0.1, 0.15) is 36.0 Å². The van der Waals surface area contributed by atoms with Crippen LogP contribution in [-0.2, 0) is 43.9 Å². The van der Waals surface area contributed by atoms with Crippen LogP contribution in [0.4, 0.5) is 16.2 Å². The van der Waals surface area contributed by atoms with Gasteiger partial charge in [0.25, 0.3) is 5.56 Å². The molecule has 26 heteroatoms. The van der Waals surface area contributed by atoms with E-state index in [1.807, 2.05) is 0 Å². The van der Waals surface area contributed by atoms with Crippen molar-refractivity contribution >= 4 is 72.0 Å². The maximum Gasteiger partial charge on any atom is 0.472 e. The van der Waals surface area contributed by atoms with Crippen LogP contribution in [0.25, 0.3) is 22.3 Å². The lowest BCUT2D eigenvalue weighted by atomic mass is 10.1. The molecular weight excluding hydrogens is 705 g/mol. The van der Waals surface area contributed by atoms with Gasteiger partial charge in [-0.15, -0.1) is 0 Å². The summed E-state index contributed by atoms with van der Waals surface area (Å²) < 4.78 is 64.6. The number of nitrogens with one attached hydrogen (secondary N) is 1. The van der Waals surface area contributed by atoms with Crippen LogP contribution >= 0.6 is 26.1 Å². The summed E-state index contributed by atoms with van der Waals surface area (Å²) in [6.45, 7) is -5.86. The molecule has 3 aliphatic rings. The number of halogens is 2. The number of aromatic amines is 1. The number of imidazole rings is 2. The van der Waals surface area contributed by atoms with Gasteiger partial charge >= 0.3 is 14.5 Å². The SMILES string of the molecule is Nc1nc2c(ncn2[C@@H]2O[C@@H]3COP(O)(=S)O[C@@H]4C(F)[C@H](n5cnc6c(N)nc(Cl)nc65)O[C@@H]4COP(=O)(O)O[C@H]2C3O)c(=O)[nH]1. The molecule has 3 saturated heterocycles. The molecule has 4 aromatic rings. The predicted octanol–water partition coefficient (Wildman–Crippen LogP) is -0.595. The number of ether oxygens (including phenoxy) is 2. The Labute approximate surface area is 264 Å². The number of fused-ring (bicyclic) bond motifs is 5. The van der Waals surface area contributed by atoms with Gasteiger partial charge in [0.05, 0.1) is 25.9 Å². The van der Waals surface area contributed by atoms with Crippen molar-refractivity contribution in [3.63, 3.8) is 0 Å². The molecule has 46 heavy (non-hydrogen) atoms. The van der Waals surface area contributed by atoms with Gasteiger partial charge in [-0.1, -0.05) is 0 Å². The summed E-state index contributed by atoms with van der Waals surface area (Å²) in [4.78, 5) is 56.1. The minimum absolute atomic E-state index is 0.00488. The van der Waals surface area contributed by atoms with Crippen LogP contribution in [0.15, 0.2) is 17.4 Å². The normalized spacial score (nSPS) is 37.2. The number of nitrogens with zero attached hydrogens (tertiary/aromatic N) is 7. The van der Waals surface area contributed by atoms with E-state index in [1.165, 1.54) is 0 Å².